The molecule has 1 aromatic heterocycles. The van der Waals surface area contributed by atoms with Gasteiger partial charge in [-0.1, -0.05) is 0 Å². The van der Waals surface area contributed by atoms with Crippen LogP contribution in [-0.2, 0) is 4.79 Å². The summed E-state index contributed by atoms with van der Waals surface area (Å²) in [5, 5.41) is 3.01. The molecule has 1 amide bonds. The molecule has 1 aromatic rings. The maximum Gasteiger partial charge on any atom is 0.228 e. The second-order valence-corrected chi connectivity index (χ2v) is 6.41. The van der Waals surface area contributed by atoms with Gasteiger partial charge in [0.15, 0.2) is 0 Å². The highest BCUT2D eigenvalue weighted by atomic mass is 16.5. The van der Waals surface area contributed by atoms with E-state index in [0.717, 1.165) is 25.9 Å². The molecule has 7 heteroatoms. The maximum absolute atomic E-state index is 12.3. The molecule has 0 bridgehead atoms. The molecule has 3 N–H and O–H groups in total. The van der Waals surface area contributed by atoms with E-state index in [1.54, 1.807) is 19.4 Å². The van der Waals surface area contributed by atoms with Crippen LogP contribution in [-0.4, -0.2) is 48.7 Å². The van der Waals surface area contributed by atoms with Gasteiger partial charge in [0, 0.05) is 43.9 Å². The summed E-state index contributed by atoms with van der Waals surface area (Å²) < 4.78 is 5.13. The molecular weight excluding hydrogens is 294 g/mol. The number of nitrogens with one attached hydrogen (secondary N) is 1. The van der Waals surface area contributed by atoms with Gasteiger partial charge < -0.3 is 20.7 Å². The second kappa shape index (κ2) is 7.12. The van der Waals surface area contributed by atoms with Crippen molar-refractivity contribution in [1.82, 2.24) is 15.3 Å². The van der Waals surface area contributed by atoms with Gasteiger partial charge >= 0.3 is 0 Å². The average Bonchev–Trinajstić information content (AvgIpc) is 3.44. The van der Waals surface area contributed by atoms with Crippen LogP contribution in [0.2, 0.25) is 0 Å². The Labute approximate surface area is 136 Å². The normalized spacial score (nSPS) is 20.2. The van der Waals surface area contributed by atoms with Crippen LogP contribution in [0.3, 0.4) is 0 Å². The predicted octanol–water partition coefficient (Wildman–Crippen LogP) is 0.555. The molecule has 0 radical (unpaired) electrons. The van der Waals surface area contributed by atoms with Crippen LogP contribution in [0.15, 0.2) is 12.3 Å². The molecule has 0 spiro atoms. The number of amides is 1. The van der Waals surface area contributed by atoms with E-state index >= 15 is 0 Å². The van der Waals surface area contributed by atoms with Crippen LogP contribution < -0.4 is 20.7 Å². The minimum atomic E-state index is 0.0586. The Balaban J connectivity index is 1.46. The van der Waals surface area contributed by atoms with Crippen molar-refractivity contribution in [2.75, 3.05) is 31.6 Å². The lowest BCUT2D eigenvalue weighted by atomic mass is 9.96. The summed E-state index contributed by atoms with van der Waals surface area (Å²) in [7, 11) is 1.59. The van der Waals surface area contributed by atoms with Crippen molar-refractivity contribution in [3.8, 4) is 5.88 Å². The number of nitrogens with two attached hydrogens (primary N) is 1. The lowest BCUT2D eigenvalue weighted by Gasteiger charge is -2.31. The Morgan fingerprint density at radius 2 is 2.17 bits per heavy atom. The van der Waals surface area contributed by atoms with Gasteiger partial charge in [0.1, 0.15) is 0 Å². The Kier molecular flexibility index (Phi) is 4.95. The number of ether oxygens (including phenoxy) is 1. The van der Waals surface area contributed by atoms with Crippen LogP contribution in [0.25, 0.3) is 0 Å². The Bertz CT molecular complexity index is 541. The van der Waals surface area contributed by atoms with Crippen molar-refractivity contribution in [2.24, 2.45) is 17.6 Å². The number of aromatic nitrogens is 2. The highest BCUT2D eigenvalue weighted by molar-refractivity contribution is 5.79. The van der Waals surface area contributed by atoms with Gasteiger partial charge in [-0.05, 0) is 31.6 Å². The standard InChI is InChI=1S/C16H25N5O2/c1-23-14-4-7-18-16(20-14)21-8-5-12(6-9-21)15(22)19-10-13(17)11-2-3-11/h4,7,11-13H,2-3,5-6,8-10,17H2,1H3,(H,19,22). The molecule has 3 rings (SSSR count). The van der Waals surface area contributed by atoms with Crippen LogP contribution in [0.5, 0.6) is 5.88 Å². The number of anilines is 1. The molecule has 1 atom stereocenters. The quantitative estimate of drug-likeness (QED) is 0.795. The van der Waals surface area contributed by atoms with Gasteiger partial charge in [0.2, 0.25) is 17.7 Å². The lowest BCUT2D eigenvalue weighted by Crippen LogP contribution is -2.44. The minimum Gasteiger partial charge on any atom is -0.481 e. The largest absolute Gasteiger partial charge is 0.481 e. The fraction of sp³-hybridized carbons (Fsp3) is 0.688. The molecule has 1 saturated heterocycles. The summed E-state index contributed by atoms with van der Waals surface area (Å²) >= 11 is 0. The maximum atomic E-state index is 12.3. The molecule has 1 unspecified atom stereocenters. The highest BCUT2D eigenvalue weighted by Crippen LogP contribution is 2.31. The molecule has 0 aromatic carbocycles. The Morgan fingerprint density at radius 3 is 2.83 bits per heavy atom. The van der Waals surface area contributed by atoms with Crippen molar-refractivity contribution >= 4 is 11.9 Å². The number of carbonyl (C=O) groups is 1. The molecule has 7 nitrogen and oxygen atoms in total. The molecule has 2 heterocycles. The molecular formula is C16H25N5O2. The number of methoxy groups -OCH3 is 1. The molecule has 1 saturated carbocycles. The first kappa shape index (κ1) is 16.0. The van der Waals surface area contributed by atoms with Crippen molar-refractivity contribution < 1.29 is 9.53 Å². The van der Waals surface area contributed by atoms with Gasteiger partial charge in [0.25, 0.3) is 0 Å². The lowest BCUT2D eigenvalue weighted by molar-refractivity contribution is -0.125. The number of rotatable bonds is 6. The first-order valence-electron chi connectivity index (χ1n) is 8.32. The molecule has 2 aliphatic rings. The van der Waals surface area contributed by atoms with Gasteiger partial charge in [-0.25, -0.2) is 4.98 Å². The Hall–Kier alpha value is -1.89. The summed E-state index contributed by atoms with van der Waals surface area (Å²) in [5.74, 6) is 2.03. The molecule has 1 aliphatic heterocycles. The van der Waals surface area contributed by atoms with E-state index in [1.165, 1.54) is 12.8 Å². The van der Waals surface area contributed by atoms with Crippen molar-refractivity contribution in [2.45, 2.75) is 31.7 Å². The SMILES string of the molecule is COc1ccnc(N2CCC(C(=O)NCC(N)C3CC3)CC2)n1. The van der Waals surface area contributed by atoms with Crippen LogP contribution in [0.4, 0.5) is 5.95 Å². The summed E-state index contributed by atoms with van der Waals surface area (Å²) in [6.45, 7) is 2.16. The molecule has 1 aliphatic carbocycles. The third kappa shape index (κ3) is 4.10. The van der Waals surface area contributed by atoms with Gasteiger partial charge in [0.05, 0.1) is 7.11 Å². The minimum absolute atomic E-state index is 0.0586. The van der Waals surface area contributed by atoms with Gasteiger partial charge in [-0.2, -0.15) is 4.98 Å². The van der Waals surface area contributed by atoms with E-state index in [-0.39, 0.29) is 17.9 Å². The van der Waals surface area contributed by atoms with E-state index in [4.69, 9.17) is 10.5 Å². The Morgan fingerprint density at radius 1 is 1.43 bits per heavy atom. The van der Waals surface area contributed by atoms with E-state index < -0.39 is 0 Å². The third-order valence-electron chi connectivity index (χ3n) is 4.71. The van der Waals surface area contributed by atoms with Crippen LogP contribution >= 0.6 is 0 Å². The molecule has 126 valence electrons. The number of piperidine rings is 1. The monoisotopic (exact) mass is 319 g/mol. The average molecular weight is 319 g/mol. The van der Waals surface area contributed by atoms with Crippen molar-refractivity contribution in [1.29, 1.82) is 0 Å². The fourth-order valence-corrected chi connectivity index (χ4v) is 2.99. The second-order valence-electron chi connectivity index (χ2n) is 6.41. The van der Waals surface area contributed by atoms with E-state index in [9.17, 15) is 4.79 Å². The zero-order valence-electron chi connectivity index (χ0n) is 13.6. The molecule has 23 heavy (non-hydrogen) atoms. The summed E-state index contributed by atoms with van der Waals surface area (Å²) in [5.41, 5.74) is 6.03. The topological polar surface area (TPSA) is 93.4 Å². The number of nitrogens with zero attached hydrogens (tertiary/aromatic N) is 3. The smallest absolute Gasteiger partial charge is 0.228 e. The van der Waals surface area contributed by atoms with E-state index in [1.807, 2.05) is 0 Å². The predicted molar refractivity (Wildman–Crippen MR) is 87.2 cm³/mol. The first-order chi connectivity index (χ1) is 11.2. The number of hydrogen-bond donors (Lipinski definition) is 2. The molecule has 2 fully saturated rings. The number of hydrogen-bond acceptors (Lipinski definition) is 6. The third-order valence-corrected chi connectivity index (χ3v) is 4.71. The van der Waals surface area contributed by atoms with Crippen LogP contribution in [0, 0.1) is 11.8 Å². The van der Waals surface area contributed by atoms with Gasteiger partial charge in [-0.15, -0.1) is 0 Å². The van der Waals surface area contributed by atoms with Crippen LogP contribution in [0.1, 0.15) is 25.7 Å². The van der Waals surface area contributed by atoms with Crippen molar-refractivity contribution in [3.63, 3.8) is 0 Å². The highest BCUT2D eigenvalue weighted by Gasteiger charge is 2.30. The fourth-order valence-electron chi connectivity index (χ4n) is 2.99. The number of carbonyl (C=O) groups excluding carboxylic acids is 1. The summed E-state index contributed by atoms with van der Waals surface area (Å²) in [6, 6.07) is 1.84. The first-order valence-corrected chi connectivity index (χ1v) is 8.32. The van der Waals surface area contributed by atoms with E-state index in [0.29, 0.717) is 24.3 Å². The van der Waals surface area contributed by atoms with Gasteiger partial charge in [-0.3, -0.25) is 4.79 Å². The van der Waals surface area contributed by atoms with E-state index in [2.05, 4.69) is 20.2 Å². The zero-order chi connectivity index (χ0) is 16.2. The summed E-state index contributed by atoms with van der Waals surface area (Å²) in [6.07, 6.45) is 5.72. The zero-order valence-corrected chi connectivity index (χ0v) is 13.6. The van der Waals surface area contributed by atoms with Crippen molar-refractivity contribution in [3.05, 3.63) is 12.3 Å². The summed E-state index contributed by atoms with van der Waals surface area (Å²) in [4.78, 5) is 23.0.